The van der Waals surface area contributed by atoms with E-state index in [0.29, 0.717) is 16.5 Å². The van der Waals surface area contributed by atoms with E-state index in [1.807, 2.05) is 24.3 Å². The topological polar surface area (TPSA) is 106 Å². The molecule has 0 aliphatic carbocycles. The molecule has 3 N–H and O–H groups in total. The van der Waals surface area contributed by atoms with E-state index >= 15 is 0 Å². The second-order valence-electron chi connectivity index (χ2n) is 6.27. The van der Waals surface area contributed by atoms with Crippen LogP contribution in [-0.4, -0.2) is 28.5 Å². The van der Waals surface area contributed by atoms with Gasteiger partial charge in [0.2, 0.25) is 11.6 Å². The second-order valence-corrected chi connectivity index (χ2v) is 6.27. The van der Waals surface area contributed by atoms with Gasteiger partial charge in [-0.15, -0.1) is 0 Å². The van der Waals surface area contributed by atoms with Crippen LogP contribution in [0.15, 0.2) is 58.3 Å². The van der Waals surface area contributed by atoms with Gasteiger partial charge < -0.3 is 10.6 Å². The van der Waals surface area contributed by atoms with Crippen molar-refractivity contribution in [2.75, 3.05) is 17.3 Å². The number of carbonyl (C=O) groups excluding carboxylic acids is 1. The molecule has 5 rings (SSSR count). The molecule has 0 radical (unpaired) electrons. The van der Waals surface area contributed by atoms with Crippen molar-refractivity contribution in [1.29, 1.82) is 0 Å². The maximum Gasteiger partial charge on any atom is 0.282 e. The Morgan fingerprint density at radius 2 is 1.81 bits per heavy atom. The van der Waals surface area contributed by atoms with E-state index in [1.54, 1.807) is 40.8 Å². The van der Waals surface area contributed by atoms with Gasteiger partial charge in [-0.05, 0) is 18.2 Å². The van der Waals surface area contributed by atoms with Crippen LogP contribution in [0.3, 0.4) is 0 Å². The molecule has 2 aliphatic heterocycles. The lowest BCUT2D eigenvalue weighted by Crippen LogP contribution is -2.50. The van der Waals surface area contributed by atoms with Gasteiger partial charge >= 0.3 is 0 Å². The summed E-state index contributed by atoms with van der Waals surface area (Å²) in [5.74, 6) is -0.0368. The highest BCUT2D eigenvalue weighted by atomic mass is 16.2. The summed E-state index contributed by atoms with van der Waals surface area (Å²) in [5.41, 5.74) is 6.14. The Kier molecular flexibility index (Phi) is 2.64. The molecule has 0 saturated carbocycles. The second kappa shape index (κ2) is 4.69. The van der Waals surface area contributed by atoms with Gasteiger partial charge in [0.15, 0.2) is 5.96 Å². The molecule has 1 amide bonds. The number of amides is 1. The summed E-state index contributed by atoms with van der Waals surface area (Å²) in [6.45, 7) is 0. The summed E-state index contributed by atoms with van der Waals surface area (Å²) in [5, 5.41) is 3.23. The molecule has 3 heterocycles. The van der Waals surface area contributed by atoms with Crippen LogP contribution in [0.2, 0.25) is 0 Å². The van der Waals surface area contributed by atoms with Crippen molar-refractivity contribution in [3.8, 4) is 0 Å². The molecule has 8 heteroatoms. The normalized spacial score (nSPS) is 20.7. The first-order valence-corrected chi connectivity index (χ1v) is 8.06. The SMILES string of the molecule is CN1C(=O)[C@]2(N=C(N)Nc3nc(=O)c4ccccc4n32)c2ccccc21. The van der Waals surface area contributed by atoms with Crippen molar-refractivity contribution in [3.63, 3.8) is 0 Å². The summed E-state index contributed by atoms with van der Waals surface area (Å²) in [4.78, 5) is 36.0. The fourth-order valence-electron chi connectivity index (χ4n) is 3.79. The molecule has 1 spiro atoms. The van der Waals surface area contributed by atoms with Crippen molar-refractivity contribution in [1.82, 2.24) is 9.55 Å². The van der Waals surface area contributed by atoms with E-state index in [-0.39, 0.29) is 17.8 Å². The maximum absolute atomic E-state index is 13.4. The first-order valence-electron chi connectivity index (χ1n) is 8.06. The molecule has 8 nitrogen and oxygen atoms in total. The largest absolute Gasteiger partial charge is 0.370 e. The van der Waals surface area contributed by atoms with E-state index in [2.05, 4.69) is 15.3 Å². The monoisotopic (exact) mass is 346 g/mol. The number of para-hydroxylation sites is 2. The molecule has 128 valence electrons. The average molecular weight is 346 g/mol. The Balaban J connectivity index is 2.00. The number of likely N-dealkylation sites (N-methyl/N-ethyl adjacent to an activating group) is 1. The summed E-state index contributed by atoms with van der Waals surface area (Å²) in [7, 11) is 1.70. The van der Waals surface area contributed by atoms with Crippen molar-refractivity contribution in [2.45, 2.75) is 5.66 Å². The fraction of sp³-hybridized carbons (Fsp3) is 0.111. The Morgan fingerprint density at radius 3 is 2.65 bits per heavy atom. The Bertz CT molecular complexity index is 1200. The van der Waals surface area contributed by atoms with Crippen molar-refractivity contribution in [3.05, 3.63) is 64.4 Å². The fourth-order valence-corrected chi connectivity index (χ4v) is 3.79. The molecule has 3 aromatic rings. The molecule has 1 aromatic heterocycles. The number of fused-ring (bicyclic) bond motifs is 6. The highest BCUT2D eigenvalue weighted by Gasteiger charge is 2.54. The molecule has 0 bridgehead atoms. The van der Waals surface area contributed by atoms with E-state index in [4.69, 9.17) is 5.73 Å². The number of benzene rings is 2. The molecule has 1 atom stereocenters. The molecule has 2 aromatic carbocycles. The van der Waals surface area contributed by atoms with Gasteiger partial charge in [-0.2, -0.15) is 4.98 Å². The minimum Gasteiger partial charge on any atom is -0.370 e. The van der Waals surface area contributed by atoms with Gasteiger partial charge in [0.1, 0.15) is 0 Å². The van der Waals surface area contributed by atoms with Crippen LogP contribution in [0.5, 0.6) is 0 Å². The van der Waals surface area contributed by atoms with Gasteiger partial charge in [0.05, 0.1) is 16.6 Å². The maximum atomic E-state index is 13.4. The predicted octanol–water partition coefficient (Wildman–Crippen LogP) is 0.814. The van der Waals surface area contributed by atoms with Crippen molar-refractivity contribution >= 4 is 34.4 Å². The van der Waals surface area contributed by atoms with Crippen LogP contribution in [-0.2, 0) is 10.5 Å². The Morgan fingerprint density at radius 1 is 1.08 bits per heavy atom. The van der Waals surface area contributed by atoms with E-state index in [9.17, 15) is 9.59 Å². The molecule has 0 saturated heterocycles. The van der Waals surface area contributed by atoms with E-state index < -0.39 is 11.2 Å². The average Bonchev–Trinajstić information content (AvgIpc) is 2.84. The third kappa shape index (κ3) is 1.58. The van der Waals surface area contributed by atoms with E-state index in [0.717, 1.165) is 5.69 Å². The molecular formula is C18H14N6O2. The molecule has 26 heavy (non-hydrogen) atoms. The zero-order valence-electron chi connectivity index (χ0n) is 13.8. The van der Waals surface area contributed by atoms with Crippen LogP contribution in [0.25, 0.3) is 10.9 Å². The smallest absolute Gasteiger partial charge is 0.282 e. The standard InChI is InChI=1S/C18H14N6O2/c1-23-13-9-5-3-7-11(13)18(15(23)26)22-16(19)21-17-20-14(25)10-6-2-4-8-12(10)24(17)18/h2-9H,1H3,(H3,19,20,21,22,25)/t18-/m0/s1. The molecule has 0 unspecified atom stereocenters. The third-order valence-electron chi connectivity index (χ3n) is 4.88. The third-order valence-corrected chi connectivity index (χ3v) is 4.88. The van der Waals surface area contributed by atoms with Crippen LogP contribution in [0.1, 0.15) is 5.56 Å². The van der Waals surface area contributed by atoms with Crippen LogP contribution >= 0.6 is 0 Å². The summed E-state index contributed by atoms with van der Waals surface area (Å²) < 4.78 is 1.66. The number of carbonyl (C=O) groups is 1. The van der Waals surface area contributed by atoms with Crippen molar-refractivity contribution in [2.24, 2.45) is 10.7 Å². The van der Waals surface area contributed by atoms with Gasteiger partial charge in [-0.25, -0.2) is 4.99 Å². The number of rotatable bonds is 0. The quantitative estimate of drug-likeness (QED) is 0.627. The zero-order valence-corrected chi connectivity index (χ0v) is 13.8. The summed E-state index contributed by atoms with van der Waals surface area (Å²) in [6, 6.07) is 14.4. The Hall–Kier alpha value is -3.68. The lowest BCUT2D eigenvalue weighted by Gasteiger charge is -2.34. The molecule has 2 aliphatic rings. The number of guanidine groups is 1. The van der Waals surface area contributed by atoms with E-state index in [1.165, 1.54) is 0 Å². The molecule has 0 fully saturated rings. The number of nitrogens with two attached hydrogens (primary N) is 1. The highest BCUT2D eigenvalue weighted by molar-refractivity contribution is 6.11. The Labute approximate surface area is 147 Å². The number of nitrogens with zero attached hydrogens (tertiary/aromatic N) is 4. The minimum atomic E-state index is -1.43. The van der Waals surface area contributed by atoms with Gasteiger partial charge in [0.25, 0.3) is 11.5 Å². The van der Waals surface area contributed by atoms with Gasteiger partial charge in [-0.3, -0.25) is 19.5 Å². The number of anilines is 2. The van der Waals surface area contributed by atoms with Gasteiger partial charge in [0, 0.05) is 12.6 Å². The number of aromatic nitrogens is 2. The summed E-state index contributed by atoms with van der Waals surface area (Å²) >= 11 is 0. The van der Waals surface area contributed by atoms with Gasteiger partial charge in [-0.1, -0.05) is 30.3 Å². The van der Waals surface area contributed by atoms with Crippen LogP contribution < -0.4 is 21.5 Å². The molecular weight excluding hydrogens is 332 g/mol. The summed E-state index contributed by atoms with van der Waals surface area (Å²) in [6.07, 6.45) is 0. The van der Waals surface area contributed by atoms with Crippen LogP contribution in [0.4, 0.5) is 11.6 Å². The first-order chi connectivity index (χ1) is 12.5. The minimum absolute atomic E-state index is 0.0330. The zero-order chi connectivity index (χ0) is 18.1. The van der Waals surface area contributed by atoms with Crippen LogP contribution in [0, 0.1) is 0 Å². The highest BCUT2D eigenvalue weighted by Crippen LogP contribution is 2.46. The first kappa shape index (κ1) is 14.6. The lowest BCUT2D eigenvalue weighted by molar-refractivity contribution is -0.123. The number of nitrogens with one attached hydrogen (secondary N) is 1. The van der Waals surface area contributed by atoms with Crippen molar-refractivity contribution < 1.29 is 4.79 Å². The number of hydrogen-bond acceptors (Lipinski definition) is 6. The predicted molar refractivity (Wildman–Crippen MR) is 98.2 cm³/mol. The number of hydrogen-bond donors (Lipinski definition) is 2. The number of aliphatic imine (C=N–C) groups is 1. The lowest BCUT2D eigenvalue weighted by atomic mass is 9.99.